The van der Waals surface area contributed by atoms with Crippen LogP contribution >= 0.6 is 0 Å². The van der Waals surface area contributed by atoms with Crippen LogP contribution in [-0.4, -0.2) is 44.7 Å². The zero-order chi connectivity index (χ0) is 16.7. The van der Waals surface area contributed by atoms with Gasteiger partial charge in [-0.25, -0.2) is 0 Å². The van der Waals surface area contributed by atoms with Crippen molar-refractivity contribution in [3.8, 4) is 11.4 Å². The molecule has 2 N–H and O–H groups in total. The molecule has 6 heteroatoms. The Morgan fingerprint density at radius 2 is 1.67 bits per heavy atom. The first kappa shape index (κ1) is 14.7. The van der Waals surface area contributed by atoms with Gasteiger partial charge in [0.15, 0.2) is 5.82 Å². The molecule has 0 bridgehead atoms. The van der Waals surface area contributed by atoms with E-state index in [1.54, 1.807) is 0 Å². The Hall–Kier alpha value is -2.86. The van der Waals surface area contributed by atoms with E-state index >= 15 is 0 Å². The Morgan fingerprint density at radius 3 is 2.38 bits per heavy atom. The highest BCUT2D eigenvalue weighted by atomic mass is 15.3. The number of hydrogen-bond acceptors (Lipinski definition) is 4. The fraction of sp³-hybridized carbons (Fsp3) is 0.222. The monoisotopic (exact) mass is 320 g/mol. The molecule has 4 rings (SSSR count). The maximum Gasteiger partial charge on any atom is 0.236 e. The minimum atomic E-state index is 0.743. The van der Waals surface area contributed by atoms with Gasteiger partial charge in [-0.15, -0.1) is 10.2 Å². The van der Waals surface area contributed by atoms with Gasteiger partial charge in [-0.2, -0.15) is 0 Å². The molecule has 2 heterocycles. The quantitative estimate of drug-likeness (QED) is 0.587. The van der Waals surface area contributed by atoms with Gasteiger partial charge in [0.1, 0.15) is 0 Å². The van der Waals surface area contributed by atoms with Crippen molar-refractivity contribution in [2.24, 2.45) is 0 Å². The molecule has 0 unspecified atom stereocenters. The van der Waals surface area contributed by atoms with Crippen LogP contribution in [-0.2, 0) is 6.54 Å². The highest BCUT2D eigenvalue weighted by Gasteiger charge is 2.17. The molecular formula is C18H20N6. The molecule has 2 aromatic carbocycles. The van der Waals surface area contributed by atoms with Crippen molar-refractivity contribution in [2.45, 2.75) is 6.54 Å². The predicted molar refractivity (Wildman–Crippen MR) is 96.9 cm³/mol. The fourth-order valence-electron chi connectivity index (χ4n) is 3.00. The van der Waals surface area contributed by atoms with Gasteiger partial charge in [0.25, 0.3) is 0 Å². The first-order valence-electron chi connectivity index (χ1n) is 7.98. The van der Waals surface area contributed by atoms with E-state index < -0.39 is 0 Å². The first-order valence-corrected chi connectivity index (χ1v) is 7.98. The smallest absolute Gasteiger partial charge is 0.236 e. The van der Waals surface area contributed by atoms with E-state index in [1.165, 1.54) is 5.52 Å². The second-order valence-corrected chi connectivity index (χ2v) is 6.22. The van der Waals surface area contributed by atoms with Gasteiger partial charge in [0.05, 0.1) is 11.0 Å². The van der Waals surface area contributed by atoms with Crippen molar-refractivity contribution >= 4 is 22.5 Å². The summed E-state index contributed by atoms with van der Waals surface area (Å²) in [6.07, 6.45) is 0. The van der Waals surface area contributed by atoms with Gasteiger partial charge >= 0.3 is 0 Å². The van der Waals surface area contributed by atoms with Crippen LogP contribution in [0.4, 0.5) is 5.69 Å². The van der Waals surface area contributed by atoms with E-state index in [1.807, 2.05) is 30.3 Å². The summed E-state index contributed by atoms with van der Waals surface area (Å²) in [6.45, 7) is 1.81. The molecule has 0 aliphatic heterocycles. The predicted octanol–water partition coefficient (Wildman–Crippen LogP) is 2.49. The Labute approximate surface area is 140 Å². The van der Waals surface area contributed by atoms with Crippen LogP contribution in [0.5, 0.6) is 0 Å². The van der Waals surface area contributed by atoms with Gasteiger partial charge in [0.2, 0.25) is 5.78 Å². The number of nitrogens with zero attached hydrogens (tertiary/aromatic N) is 5. The average molecular weight is 320 g/mol. The minimum absolute atomic E-state index is 0.743. The maximum atomic E-state index is 5.80. The molecule has 0 atom stereocenters. The van der Waals surface area contributed by atoms with Gasteiger partial charge < -0.3 is 15.2 Å². The largest absolute Gasteiger partial charge is 0.399 e. The molecule has 0 amide bonds. The Kier molecular flexibility index (Phi) is 3.46. The highest BCUT2D eigenvalue weighted by molar-refractivity contribution is 5.83. The molecule has 0 radical (unpaired) electrons. The first-order chi connectivity index (χ1) is 11.6. The van der Waals surface area contributed by atoms with Crippen LogP contribution < -0.4 is 5.73 Å². The zero-order valence-electron chi connectivity index (χ0n) is 13.8. The summed E-state index contributed by atoms with van der Waals surface area (Å²) in [7, 11) is 4.15. The van der Waals surface area contributed by atoms with E-state index in [-0.39, 0.29) is 0 Å². The van der Waals surface area contributed by atoms with Gasteiger partial charge in [-0.1, -0.05) is 12.1 Å². The van der Waals surface area contributed by atoms with Crippen molar-refractivity contribution < 1.29 is 0 Å². The average Bonchev–Trinajstić information content (AvgIpc) is 3.12. The summed E-state index contributed by atoms with van der Waals surface area (Å²) >= 11 is 0. The van der Waals surface area contributed by atoms with Crippen molar-refractivity contribution in [2.75, 3.05) is 26.4 Å². The van der Waals surface area contributed by atoms with E-state index in [0.29, 0.717) is 0 Å². The number of rotatable bonds is 4. The normalized spacial score (nSPS) is 11.8. The molecule has 0 saturated carbocycles. The Morgan fingerprint density at radius 1 is 0.958 bits per heavy atom. The lowest BCUT2D eigenvalue weighted by Crippen LogP contribution is -2.18. The number of para-hydroxylation sites is 2. The number of fused-ring (bicyclic) bond motifs is 3. The molecular weight excluding hydrogens is 300 g/mol. The Balaban J connectivity index is 1.95. The summed E-state index contributed by atoms with van der Waals surface area (Å²) in [5, 5.41) is 8.89. The third kappa shape index (κ3) is 2.32. The third-order valence-corrected chi connectivity index (χ3v) is 4.24. The van der Waals surface area contributed by atoms with Crippen molar-refractivity contribution in [1.82, 2.24) is 24.1 Å². The fourth-order valence-corrected chi connectivity index (χ4v) is 3.00. The molecule has 0 aliphatic carbocycles. The molecule has 0 fully saturated rings. The highest BCUT2D eigenvalue weighted by Crippen LogP contribution is 2.26. The molecule has 6 nitrogen and oxygen atoms in total. The van der Waals surface area contributed by atoms with E-state index in [9.17, 15) is 0 Å². The molecule has 2 aromatic heterocycles. The van der Waals surface area contributed by atoms with Crippen LogP contribution in [0, 0.1) is 0 Å². The van der Waals surface area contributed by atoms with Crippen molar-refractivity contribution in [1.29, 1.82) is 0 Å². The number of hydrogen-bond donors (Lipinski definition) is 1. The summed E-state index contributed by atoms with van der Waals surface area (Å²) < 4.78 is 4.35. The van der Waals surface area contributed by atoms with Crippen LogP contribution in [0.25, 0.3) is 28.2 Å². The molecule has 4 aromatic rings. The van der Waals surface area contributed by atoms with E-state index in [0.717, 1.165) is 41.5 Å². The SMILES string of the molecule is CN(C)CCn1c2ccccc2n2c(-c3ccc(N)cc3)nnc12. The number of aromatic nitrogens is 4. The van der Waals surface area contributed by atoms with Crippen molar-refractivity contribution in [3.63, 3.8) is 0 Å². The third-order valence-electron chi connectivity index (χ3n) is 4.24. The number of benzene rings is 2. The van der Waals surface area contributed by atoms with Crippen LogP contribution in [0.2, 0.25) is 0 Å². The number of imidazole rings is 1. The molecule has 0 spiro atoms. The zero-order valence-corrected chi connectivity index (χ0v) is 13.8. The maximum absolute atomic E-state index is 5.80. The summed E-state index contributed by atoms with van der Waals surface area (Å²) in [5.41, 5.74) is 9.84. The van der Waals surface area contributed by atoms with Crippen LogP contribution in [0.3, 0.4) is 0 Å². The van der Waals surface area contributed by atoms with Gasteiger partial charge in [0, 0.05) is 24.3 Å². The Bertz CT molecular complexity index is 994. The van der Waals surface area contributed by atoms with Crippen molar-refractivity contribution in [3.05, 3.63) is 48.5 Å². The topological polar surface area (TPSA) is 64.4 Å². The van der Waals surface area contributed by atoms with E-state index in [4.69, 9.17) is 5.73 Å². The lowest BCUT2D eigenvalue weighted by Gasteiger charge is -2.10. The van der Waals surface area contributed by atoms with Gasteiger partial charge in [-0.05, 0) is 50.5 Å². The standard InChI is InChI=1S/C18H20N6/c1-22(2)11-12-23-15-5-3-4-6-16(15)24-17(20-21-18(23)24)13-7-9-14(19)10-8-13/h3-10H,11-12,19H2,1-2H3. The van der Waals surface area contributed by atoms with Crippen LogP contribution in [0.15, 0.2) is 48.5 Å². The summed E-state index contributed by atoms with van der Waals surface area (Å²) in [5.74, 6) is 1.70. The second-order valence-electron chi connectivity index (χ2n) is 6.22. The number of nitrogens with two attached hydrogens (primary N) is 1. The molecule has 0 saturated heterocycles. The minimum Gasteiger partial charge on any atom is -0.399 e. The van der Waals surface area contributed by atoms with Gasteiger partial charge in [-0.3, -0.25) is 4.40 Å². The molecule has 24 heavy (non-hydrogen) atoms. The summed E-state index contributed by atoms with van der Waals surface area (Å²) in [4.78, 5) is 2.17. The van der Waals surface area contributed by atoms with E-state index in [2.05, 4.69) is 56.4 Å². The number of likely N-dealkylation sites (N-methyl/N-ethyl adjacent to an activating group) is 1. The molecule has 0 aliphatic rings. The summed E-state index contributed by atoms with van der Waals surface area (Å²) in [6, 6.07) is 16.1. The number of nitrogen functional groups attached to an aromatic ring is 1. The molecule has 122 valence electrons. The van der Waals surface area contributed by atoms with Crippen LogP contribution in [0.1, 0.15) is 0 Å². The second kappa shape index (κ2) is 5.65. The lowest BCUT2D eigenvalue weighted by molar-refractivity contribution is 0.388. The number of anilines is 1. The lowest BCUT2D eigenvalue weighted by atomic mass is 10.2.